The molecule has 4 rings (SSSR count). The Balaban J connectivity index is 1.42. The molecule has 0 bridgehead atoms. The molecule has 6 heteroatoms. The molecular formula is C26H25ClO5. The number of halogens is 1. The molecule has 0 radical (unpaired) electrons. The lowest BCUT2D eigenvalue weighted by Crippen LogP contribution is -2.49. The van der Waals surface area contributed by atoms with Crippen LogP contribution in [-0.2, 0) is 31.2 Å². The van der Waals surface area contributed by atoms with Crippen molar-refractivity contribution in [2.75, 3.05) is 26.9 Å². The minimum Gasteiger partial charge on any atom is -0.489 e. The quantitative estimate of drug-likeness (QED) is 0.433. The van der Waals surface area contributed by atoms with Crippen LogP contribution in [0.25, 0.3) is 11.1 Å². The summed E-state index contributed by atoms with van der Waals surface area (Å²) in [6.45, 7) is 3.13. The van der Waals surface area contributed by atoms with Gasteiger partial charge >= 0.3 is 5.97 Å². The first kappa shape index (κ1) is 22.3. The van der Waals surface area contributed by atoms with Crippen molar-refractivity contribution in [1.29, 1.82) is 0 Å². The third kappa shape index (κ3) is 4.80. The minimum atomic E-state index is -0.617. The number of esters is 1. The van der Waals surface area contributed by atoms with E-state index in [4.69, 9.17) is 25.8 Å². The lowest BCUT2D eigenvalue weighted by Gasteiger charge is -2.41. The third-order valence-electron chi connectivity index (χ3n) is 5.58. The molecule has 1 heterocycles. The molecule has 0 atom stereocenters. The van der Waals surface area contributed by atoms with Crippen LogP contribution in [0, 0.1) is 6.92 Å². The highest BCUT2D eigenvalue weighted by Gasteiger charge is 2.42. The van der Waals surface area contributed by atoms with E-state index < -0.39 is 11.6 Å². The van der Waals surface area contributed by atoms with Crippen LogP contribution in [0.4, 0.5) is 0 Å². The molecule has 0 aromatic heterocycles. The number of methoxy groups -OCH3 is 1. The largest absolute Gasteiger partial charge is 0.489 e. The number of hydrogen-bond donors (Lipinski definition) is 0. The summed E-state index contributed by atoms with van der Waals surface area (Å²) < 4.78 is 21.8. The molecule has 1 aliphatic rings. The maximum Gasteiger partial charge on any atom is 0.331 e. The van der Waals surface area contributed by atoms with Crippen molar-refractivity contribution in [3.63, 3.8) is 0 Å². The fourth-order valence-corrected chi connectivity index (χ4v) is 3.83. The van der Waals surface area contributed by atoms with Gasteiger partial charge in [-0.25, -0.2) is 4.79 Å². The van der Waals surface area contributed by atoms with Gasteiger partial charge in [-0.15, -0.1) is 0 Å². The number of aryl methyl sites for hydroxylation is 1. The van der Waals surface area contributed by atoms with Crippen LogP contribution in [0.3, 0.4) is 0 Å². The van der Waals surface area contributed by atoms with E-state index in [9.17, 15) is 4.79 Å². The molecule has 166 valence electrons. The monoisotopic (exact) mass is 452 g/mol. The van der Waals surface area contributed by atoms with Gasteiger partial charge in [-0.2, -0.15) is 0 Å². The third-order valence-corrected chi connectivity index (χ3v) is 6.08. The number of rotatable bonds is 8. The predicted molar refractivity (Wildman–Crippen MR) is 123 cm³/mol. The molecule has 0 amide bonds. The first-order valence-electron chi connectivity index (χ1n) is 10.4. The second-order valence-corrected chi connectivity index (χ2v) is 8.18. The van der Waals surface area contributed by atoms with Gasteiger partial charge in [0.1, 0.15) is 24.6 Å². The summed E-state index contributed by atoms with van der Waals surface area (Å²) in [7, 11) is 1.34. The van der Waals surface area contributed by atoms with Gasteiger partial charge in [0.15, 0.2) is 0 Å². The molecule has 5 nitrogen and oxygen atoms in total. The number of hydrogen-bond acceptors (Lipinski definition) is 5. The average Bonchev–Trinajstić information content (AvgIpc) is 2.79. The molecule has 32 heavy (non-hydrogen) atoms. The van der Waals surface area contributed by atoms with Gasteiger partial charge in [-0.05, 0) is 47.4 Å². The van der Waals surface area contributed by atoms with Crippen molar-refractivity contribution >= 4 is 17.6 Å². The van der Waals surface area contributed by atoms with E-state index in [1.807, 2.05) is 67.6 Å². The second kappa shape index (κ2) is 9.74. The molecule has 1 aliphatic heterocycles. The van der Waals surface area contributed by atoms with E-state index in [-0.39, 0.29) is 6.61 Å². The van der Waals surface area contributed by atoms with Crippen molar-refractivity contribution in [3.8, 4) is 16.9 Å². The van der Waals surface area contributed by atoms with E-state index in [0.29, 0.717) is 19.8 Å². The van der Waals surface area contributed by atoms with Gasteiger partial charge < -0.3 is 18.9 Å². The summed E-state index contributed by atoms with van der Waals surface area (Å²) in [5.74, 6) is 0.335. The van der Waals surface area contributed by atoms with Crippen LogP contribution >= 0.6 is 11.6 Å². The Hall–Kier alpha value is -2.86. The van der Waals surface area contributed by atoms with Crippen molar-refractivity contribution < 1.29 is 23.7 Å². The summed E-state index contributed by atoms with van der Waals surface area (Å²) in [5, 5.41) is 0.768. The van der Waals surface area contributed by atoms with E-state index in [1.54, 1.807) is 0 Å². The lowest BCUT2D eigenvalue weighted by atomic mass is 9.91. The number of carbonyl (C=O) groups excluding carboxylic acids is 1. The van der Waals surface area contributed by atoms with E-state index in [1.165, 1.54) is 7.11 Å². The smallest absolute Gasteiger partial charge is 0.331 e. The van der Waals surface area contributed by atoms with Crippen molar-refractivity contribution in [2.24, 2.45) is 0 Å². The highest BCUT2D eigenvalue weighted by Crippen LogP contribution is 2.35. The fraction of sp³-hybridized carbons (Fsp3) is 0.269. The van der Waals surface area contributed by atoms with Crippen LogP contribution in [0.5, 0.6) is 5.75 Å². The van der Waals surface area contributed by atoms with Gasteiger partial charge in [-0.1, -0.05) is 60.1 Å². The van der Waals surface area contributed by atoms with Gasteiger partial charge in [-0.3, -0.25) is 0 Å². The molecule has 0 saturated carbocycles. The van der Waals surface area contributed by atoms with Gasteiger partial charge in [0.2, 0.25) is 0 Å². The SMILES string of the molecule is COC(=O)COC1(c2ccc(OCc3cccc(-c4cccc(C)c4Cl)c3)cc2)COC1. The maximum atomic E-state index is 11.4. The Labute approximate surface area is 192 Å². The number of ether oxygens (including phenoxy) is 4. The predicted octanol–water partition coefficient (Wildman–Crippen LogP) is 5.31. The summed E-state index contributed by atoms with van der Waals surface area (Å²) in [6.07, 6.45) is 0. The summed E-state index contributed by atoms with van der Waals surface area (Å²) in [6, 6.07) is 21.9. The molecule has 1 saturated heterocycles. The first-order valence-corrected chi connectivity index (χ1v) is 10.7. The summed E-state index contributed by atoms with van der Waals surface area (Å²) in [4.78, 5) is 11.4. The standard InChI is InChI=1S/C26H25ClO5/c1-18-5-3-8-23(25(18)27)20-7-4-6-19(13-20)14-31-22-11-9-21(10-12-22)26(16-30-17-26)32-15-24(28)29-2/h3-13H,14-17H2,1-2H3. The zero-order valence-electron chi connectivity index (χ0n) is 18.1. The fourth-order valence-electron chi connectivity index (χ4n) is 3.60. The lowest BCUT2D eigenvalue weighted by molar-refractivity contribution is -0.220. The van der Waals surface area contributed by atoms with E-state index in [0.717, 1.165) is 38.6 Å². The Morgan fingerprint density at radius 1 is 1.06 bits per heavy atom. The molecular weight excluding hydrogens is 428 g/mol. The van der Waals surface area contributed by atoms with E-state index in [2.05, 4.69) is 10.8 Å². The van der Waals surface area contributed by atoms with Crippen LogP contribution in [-0.4, -0.2) is 32.9 Å². The number of carbonyl (C=O) groups is 1. The van der Waals surface area contributed by atoms with Gasteiger partial charge in [0.05, 0.1) is 25.3 Å². The molecule has 0 aliphatic carbocycles. The molecule has 0 N–H and O–H groups in total. The maximum absolute atomic E-state index is 11.4. The summed E-state index contributed by atoms with van der Waals surface area (Å²) >= 11 is 6.49. The highest BCUT2D eigenvalue weighted by atomic mass is 35.5. The van der Waals surface area contributed by atoms with Crippen molar-refractivity contribution in [3.05, 3.63) is 88.4 Å². The zero-order chi connectivity index (χ0) is 22.6. The Morgan fingerprint density at radius 3 is 2.50 bits per heavy atom. The Bertz CT molecular complexity index is 1090. The minimum absolute atomic E-state index is 0.112. The van der Waals surface area contributed by atoms with Crippen molar-refractivity contribution in [1.82, 2.24) is 0 Å². The summed E-state index contributed by atoms with van der Waals surface area (Å²) in [5.41, 5.74) is 4.50. The van der Waals surface area contributed by atoms with E-state index >= 15 is 0 Å². The topological polar surface area (TPSA) is 54.0 Å². The molecule has 0 spiro atoms. The van der Waals surface area contributed by atoms with Gasteiger partial charge in [0.25, 0.3) is 0 Å². The Morgan fingerprint density at radius 2 is 1.81 bits per heavy atom. The highest BCUT2D eigenvalue weighted by molar-refractivity contribution is 6.34. The van der Waals surface area contributed by atoms with Crippen LogP contribution < -0.4 is 4.74 Å². The second-order valence-electron chi connectivity index (χ2n) is 7.80. The number of benzene rings is 3. The molecule has 3 aromatic carbocycles. The van der Waals surface area contributed by atoms with Crippen LogP contribution in [0.15, 0.2) is 66.7 Å². The first-order chi connectivity index (χ1) is 15.5. The molecule has 0 unspecified atom stereocenters. The zero-order valence-corrected chi connectivity index (χ0v) is 18.9. The Kier molecular flexibility index (Phi) is 6.80. The molecule has 1 fully saturated rings. The average molecular weight is 453 g/mol. The molecule has 3 aromatic rings. The van der Waals surface area contributed by atoms with Crippen LogP contribution in [0.1, 0.15) is 16.7 Å². The normalized spacial score (nSPS) is 14.5. The van der Waals surface area contributed by atoms with Crippen molar-refractivity contribution in [2.45, 2.75) is 19.1 Å². The van der Waals surface area contributed by atoms with Gasteiger partial charge in [0, 0.05) is 5.56 Å². The van der Waals surface area contributed by atoms with Crippen LogP contribution in [0.2, 0.25) is 5.02 Å².